The van der Waals surface area contributed by atoms with E-state index in [2.05, 4.69) is 11.4 Å². The molecule has 0 bridgehead atoms. The summed E-state index contributed by atoms with van der Waals surface area (Å²) in [5.41, 5.74) is 3.95. The molecule has 2 rings (SSSR count). The van der Waals surface area contributed by atoms with E-state index in [1.54, 1.807) is 0 Å². The monoisotopic (exact) mass is 392 g/mol. The maximum atomic E-state index is 12.5. The zero-order valence-electron chi connectivity index (χ0n) is 16.8. The highest BCUT2D eigenvalue weighted by Crippen LogP contribution is 2.28. The van der Waals surface area contributed by atoms with Gasteiger partial charge in [-0.1, -0.05) is 43.7 Å². The van der Waals surface area contributed by atoms with E-state index in [1.165, 1.54) is 29.0 Å². The molecule has 150 valence electrons. The van der Waals surface area contributed by atoms with Crippen molar-refractivity contribution < 1.29 is 13.2 Å². The molecule has 0 heterocycles. The SMILES string of the molecule is CCc1cccc(CC)c1N(CC(=O)NCCC1=CCCCC1)S(C)(=O)=O. The number of hydrogen-bond acceptors (Lipinski definition) is 3. The number of rotatable bonds is 9. The molecule has 0 saturated carbocycles. The summed E-state index contributed by atoms with van der Waals surface area (Å²) in [5, 5.41) is 2.89. The minimum atomic E-state index is -3.56. The second kappa shape index (κ2) is 9.93. The van der Waals surface area contributed by atoms with Crippen molar-refractivity contribution in [1.29, 1.82) is 0 Å². The molecule has 0 saturated heterocycles. The second-order valence-corrected chi connectivity index (χ2v) is 9.02. The first-order valence-corrected chi connectivity index (χ1v) is 11.7. The Balaban J connectivity index is 2.11. The number of carbonyl (C=O) groups excluding carboxylic acids is 1. The summed E-state index contributed by atoms with van der Waals surface area (Å²) in [4.78, 5) is 12.5. The van der Waals surface area contributed by atoms with Gasteiger partial charge in [0.05, 0.1) is 11.9 Å². The van der Waals surface area contributed by atoms with Gasteiger partial charge in [-0.15, -0.1) is 0 Å². The van der Waals surface area contributed by atoms with Gasteiger partial charge in [0.2, 0.25) is 15.9 Å². The van der Waals surface area contributed by atoms with E-state index in [0.29, 0.717) is 25.1 Å². The van der Waals surface area contributed by atoms with Crippen molar-refractivity contribution in [3.8, 4) is 0 Å². The molecular formula is C21H32N2O3S. The van der Waals surface area contributed by atoms with Crippen molar-refractivity contribution in [3.05, 3.63) is 41.0 Å². The number of para-hydroxylation sites is 1. The second-order valence-electron chi connectivity index (χ2n) is 7.11. The predicted octanol–water partition coefficient (Wildman–Crippen LogP) is 3.58. The summed E-state index contributed by atoms with van der Waals surface area (Å²) in [6.45, 7) is 4.37. The van der Waals surface area contributed by atoms with Gasteiger partial charge in [-0.3, -0.25) is 9.10 Å². The Kier molecular flexibility index (Phi) is 7.90. The van der Waals surface area contributed by atoms with E-state index in [0.717, 1.165) is 30.4 Å². The van der Waals surface area contributed by atoms with Crippen LogP contribution in [-0.4, -0.2) is 33.7 Å². The smallest absolute Gasteiger partial charge is 0.240 e. The molecule has 0 aromatic heterocycles. The molecule has 1 N–H and O–H groups in total. The average Bonchev–Trinajstić information content (AvgIpc) is 2.65. The van der Waals surface area contributed by atoms with E-state index in [1.807, 2.05) is 32.0 Å². The van der Waals surface area contributed by atoms with Crippen LogP contribution in [0.25, 0.3) is 0 Å². The van der Waals surface area contributed by atoms with Gasteiger partial charge in [0.15, 0.2) is 0 Å². The van der Waals surface area contributed by atoms with Crippen molar-refractivity contribution >= 4 is 21.6 Å². The molecule has 6 heteroatoms. The first-order valence-electron chi connectivity index (χ1n) is 9.89. The molecule has 5 nitrogen and oxygen atoms in total. The number of carbonyl (C=O) groups is 1. The van der Waals surface area contributed by atoms with Crippen molar-refractivity contribution in [2.24, 2.45) is 0 Å². The van der Waals surface area contributed by atoms with E-state index in [9.17, 15) is 13.2 Å². The Morgan fingerprint density at radius 1 is 1.15 bits per heavy atom. The minimum absolute atomic E-state index is 0.179. The average molecular weight is 393 g/mol. The molecule has 27 heavy (non-hydrogen) atoms. The predicted molar refractivity (Wildman–Crippen MR) is 112 cm³/mol. The molecule has 0 unspecified atom stereocenters. The van der Waals surface area contributed by atoms with Gasteiger partial charge in [0, 0.05) is 6.54 Å². The van der Waals surface area contributed by atoms with Crippen LogP contribution in [0.1, 0.15) is 57.1 Å². The van der Waals surface area contributed by atoms with E-state index in [-0.39, 0.29) is 12.5 Å². The van der Waals surface area contributed by atoms with Crippen LogP contribution >= 0.6 is 0 Å². The van der Waals surface area contributed by atoms with Crippen LogP contribution in [0.2, 0.25) is 0 Å². The number of nitrogens with zero attached hydrogens (tertiary/aromatic N) is 1. The van der Waals surface area contributed by atoms with Gasteiger partial charge in [0.25, 0.3) is 0 Å². The number of nitrogens with one attached hydrogen (secondary N) is 1. The van der Waals surface area contributed by atoms with Crippen molar-refractivity contribution in [2.45, 2.75) is 58.8 Å². The lowest BCUT2D eigenvalue weighted by atomic mass is 9.97. The number of aryl methyl sites for hydroxylation is 2. The minimum Gasteiger partial charge on any atom is -0.354 e. The highest BCUT2D eigenvalue weighted by Gasteiger charge is 2.25. The van der Waals surface area contributed by atoms with Gasteiger partial charge < -0.3 is 5.32 Å². The standard InChI is InChI=1S/C21H32N2O3S/c1-4-18-12-9-13-19(5-2)21(18)23(27(3,25)26)16-20(24)22-15-14-17-10-7-6-8-11-17/h9-10,12-13H,4-8,11,14-16H2,1-3H3,(H,22,24). The summed E-state index contributed by atoms with van der Waals surface area (Å²) in [5.74, 6) is -0.259. The van der Waals surface area contributed by atoms with E-state index in [4.69, 9.17) is 0 Å². The number of allylic oxidation sites excluding steroid dienone is 1. The molecule has 0 aliphatic heterocycles. The van der Waals surface area contributed by atoms with Gasteiger partial charge in [0.1, 0.15) is 6.54 Å². The third-order valence-electron chi connectivity index (χ3n) is 5.06. The number of anilines is 1. The summed E-state index contributed by atoms with van der Waals surface area (Å²) >= 11 is 0. The van der Waals surface area contributed by atoms with Crippen molar-refractivity contribution in [3.63, 3.8) is 0 Å². The maximum Gasteiger partial charge on any atom is 0.240 e. The van der Waals surface area contributed by atoms with Crippen molar-refractivity contribution in [1.82, 2.24) is 5.32 Å². The summed E-state index contributed by atoms with van der Waals surface area (Å²) in [6, 6.07) is 5.81. The third-order valence-corrected chi connectivity index (χ3v) is 6.17. The van der Waals surface area contributed by atoms with Crippen LogP contribution < -0.4 is 9.62 Å². The fraction of sp³-hybridized carbons (Fsp3) is 0.571. The summed E-state index contributed by atoms with van der Waals surface area (Å²) in [7, 11) is -3.56. The highest BCUT2D eigenvalue weighted by molar-refractivity contribution is 7.92. The fourth-order valence-electron chi connectivity index (χ4n) is 3.58. The van der Waals surface area contributed by atoms with E-state index < -0.39 is 10.0 Å². The molecule has 0 spiro atoms. The Morgan fingerprint density at radius 2 is 1.81 bits per heavy atom. The van der Waals surface area contributed by atoms with Crippen LogP contribution in [-0.2, 0) is 27.7 Å². The fourth-order valence-corrected chi connectivity index (χ4v) is 4.50. The number of benzene rings is 1. The van der Waals surface area contributed by atoms with Gasteiger partial charge in [-0.05, 0) is 56.1 Å². The molecule has 0 atom stereocenters. The maximum absolute atomic E-state index is 12.5. The molecule has 1 aliphatic rings. The normalized spacial score (nSPS) is 14.6. The molecule has 1 amide bonds. The first kappa shape index (κ1) is 21.5. The van der Waals surface area contributed by atoms with Gasteiger partial charge in [-0.2, -0.15) is 0 Å². The van der Waals surface area contributed by atoms with E-state index >= 15 is 0 Å². The molecule has 1 aliphatic carbocycles. The number of hydrogen-bond donors (Lipinski definition) is 1. The number of amides is 1. The van der Waals surface area contributed by atoms with Gasteiger partial charge >= 0.3 is 0 Å². The van der Waals surface area contributed by atoms with Gasteiger partial charge in [-0.25, -0.2) is 8.42 Å². The Hall–Kier alpha value is -1.82. The van der Waals surface area contributed by atoms with Crippen LogP contribution in [0.15, 0.2) is 29.8 Å². The lowest BCUT2D eigenvalue weighted by molar-refractivity contribution is -0.119. The zero-order valence-corrected chi connectivity index (χ0v) is 17.6. The molecule has 1 aromatic carbocycles. The lowest BCUT2D eigenvalue weighted by Crippen LogP contribution is -2.41. The topological polar surface area (TPSA) is 66.5 Å². The Labute approximate surface area is 163 Å². The largest absolute Gasteiger partial charge is 0.354 e. The first-order chi connectivity index (χ1) is 12.9. The quantitative estimate of drug-likeness (QED) is 0.653. The Morgan fingerprint density at radius 3 is 2.33 bits per heavy atom. The number of sulfonamides is 1. The van der Waals surface area contributed by atoms with Crippen molar-refractivity contribution in [2.75, 3.05) is 23.7 Å². The lowest BCUT2D eigenvalue weighted by Gasteiger charge is -2.26. The molecule has 1 aromatic rings. The Bertz CT molecular complexity index is 762. The summed E-state index contributed by atoms with van der Waals surface area (Å²) < 4.78 is 26.2. The molecular weight excluding hydrogens is 360 g/mol. The third kappa shape index (κ3) is 6.09. The highest BCUT2D eigenvalue weighted by atomic mass is 32.2. The molecule has 0 radical (unpaired) electrons. The van der Waals surface area contributed by atoms with Crippen LogP contribution in [0.5, 0.6) is 0 Å². The zero-order chi connectivity index (χ0) is 19.9. The van der Waals surface area contributed by atoms with Crippen LogP contribution in [0.3, 0.4) is 0 Å². The van der Waals surface area contributed by atoms with Crippen LogP contribution in [0, 0.1) is 0 Å². The van der Waals surface area contributed by atoms with Crippen LogP contribution in [0.4, 0.5) is 5.69 Å². The summed E-state index contributed by atoms with van der Waals surface area (Å²) in [6.07, 6.45) is 10.4. The molecule has 0 fully saturated rings.